The van der Waals surface area contributed by atoms with Gasteiger partial charge < -0.3 is 0 Å². The van der Waals surface area contributed by atoms with Crippen LogP contribution in [0, 0.1) is 11.8 Å². The maximum absolute atomic E-state index is 11.8. The summed E-state index contributed by atoms with van der Waals surface area (Å²) in [5, 5.41) is 0. The van der Waals surface area contributed by atoms with E-state index in [9.17, 15) is 4.21 Å². The van der Waals surface area contributed by atoms with Gasteiger partial charge in [-0.05, 0) is 39.0 Å². The van der Waals surface area contributed by atoms with E-state index in [0.29, 0.717) is 17.6 Å². The molecular formula is C10H18Cl2OS. The normalized spacial score (nSPS) is 29.7. The quantitative estimate of drug-likeness (QED) is 0.708. The first-order valence-corrected chi connectivity index (χ1v) is 6.98. The Labute approximate surface area is 99.0 Å². The summed E-state index contributed by atoms with van der Waals surface area (Å²) >= 11 is 11.9. The Balaban J connectivity index is 2.43. The summed E-state index contributed by atoms with van der Waals surface area (Å²) in [5.74, 6) is 1.39. The minimum atomic E-state index is -0.798. The summed E-state index contributed by atoms with van der Waals surface area (Å²) in [5.41, 5.74) is 0. The summed E-state index contributed by atoms with van der Waals surface area (Å²) in [4.78, 5) is 0. The van der Waals surface area contributed by atoms with Crippen molar-refractivity contribution in [2.24, 2.45) is 11.8 Å². The van der Waals surface area contributed by atoms with E-state index >= 15 is 0 Å². The van der Waals surface area contributed by atoms with Crippen molar-refractivity contribution in [2.75, 3.05) is 5.75 Å². The lowest BCUT2D eigenvalue weighted by Crippen LogP contribution is -2.27. The zero-order valence-corrected chi connectivity index (χ0v) is 11.5. The second-order valence-corrected chi connectivity index (χ2v) is 8.97. The molecule has 0 radical (unpaired) electrons. The first kappa shape index (κ1) is 12.8. The molecule has 0 spiro atoms. The van der Waals surface area contributed by atoms with Crippen LogP contribution in [0.15, 0.2) is 0 Å². The topological polar surface area (TPSA) is 17.1 Å². The van der Waals surface area contributed by atoms with Crippen molar-refractivity contribution in [1.29, 1.82) is 0 Å². The van der Waals surface area contributed by atoms with Crippen molar-refractivity contribution in [2.45, 2.75) is 43.2 Å². The van der Waals surface area contributed by atoms with Gasteiger partial charge in [-0.25, -0.2) is 0 Å². The van der Waals surface area contributed by atoms with Gasteiger partial charge in [-0.3, -0.25) is 4.21 Å². The van der Waals surface area contributed by atoms with E-state index in [0.717, 1.165) is 6.42 Å². The molecule has 0 amide bonds. The van der Waals surface area contributed by atoms with E-state index in [-0.39, 0.29) is 4.75 Å². The Morgan fingerprint density at radius 2 is 1.93 bits per heavy atom. The Morgan fingerprint density at radius 3 is 2.21 bits per heavy atom. The first-order valence-electron chi connectivity index (χ1n) is 4.91. The monoisotopic (exact) mass is 256 g/mol. The highest BCUT2D eigenvalue weighted by atomic mass is 35.5. The Bertz CT molecular complexity index is 245. The third-order valence-corrected chi connectivity index (χ3v) is 5.72. The molecule has 14 heavy (non-hydrogen) atoms. The summed E-state index contributed by atoms with van der Waals surface area (Å²) in [6.07, 6.45) is 0.846. The van der Waals surface area contributed by atoms with Crippen LogP contribution in [-0.4, -0.2) is 19.0 Å². The van der Waals surface area contributed by atoms with Gasteiger partial charge in [0.2, 0.25) is 0 Å². The van der Waals surface area contributed by atoms with E-state index in [1.807, 2.05) is 20.8 Å². The maximum Gasteiger partial charge on any atom is 0.121 e. The molecule has 0 unspecified atom stereocenters. The SMILES string of the molecule is C[C@H](C[S@](=O)C(C)(C)C)[C@H]1CC1(Cl)Cl. The number of alkyl halides is 2. The number of halogens is 2. The Morgan fingerprint density at radius 1 is 1.50 bits per heavy atom. The van der Waals surface area contributed by atoms with Crippen LogP contribution in [0.25, 0.3) is 0 Å². The summed E-state index contributed by atoms with van der Waals surface area (Å²) in [6.45, 7) is 8.08. The summed E-state index contributed by atoms with van der Waals surface area (Å²) in [6, 6.07) is 0. The van der Waals surface area contributed by atoms with Gasteiger partial charge in [-0.2, -0.15) is 0 Å². The molecule has 0 aromatic rings. The Hall–Kier alpha value is 0.730. The standard InChI is InChI=1S/C10H18Cl2OS/c1-7(8-5-10(8,11)12)6-14(13)9(2,3)4/h7-8H,5-6H2,1-4H3/t7-,8-,14+/m1/s1. The van der Waals surface area contributed by atoms with Gasteiger partial charge in [0, 0.05) is 21.3 Å². The molecule has 0 saturated heterocycles. The molecule has 1 rings (SSSR count). The highest BCUT2D eigenvalue weighted by molar-refractivity contribution is 7.86. The van der Waals surface area contributed by atoms with Gasteiger partial charge in [0.1, 0.15) is 4.33 Å². The lowest BCUT2D eigenvalue weighted by molar-refractivity contribution is 0.549. The van der Waals surface area contributed by atoms with Gasteiger partial charge in [-0.1, -0.05) is 6.92 Å². The first-order chi connectivity index (χ1) is 6.14. The van der Waals surface area contributed by atoms with Crippen LogP contribution in [0.2, 0.25) is 0 Å². The lowest BCUT2D eigenvalue weighted by Gasteiger charge is -2.20. The zero-order valence-electron chi connectivity index (χ0n) is 9.14. The highest BCUT2D eigenvalue weighted by Gasteiger charge is 2.54. The minimum Gasteiger partial charge on any atom is -0.259 e. The van der Waals surface area contributed by atoms with Crippen molar-refractivity contribution in [1.82, 2.24) is 0 Å². The molecule has 1 aliphatic carbocycles. The lowest BCUT2D eigenvalue weighted by atomic mass is 10.1. The van der Waals surface area contributed by atoms with Crippen LogP contribution in [-0.2, 0) is 10.8 Å². The summed E-state index contributed by atoms with van der Waals surface area (Å²) in [7, 11) is -0.798. The van der Waals surface area contributed by atoms with Crippen molar-refractivity contribution >= 4 is 34.0 Å². The van der Waals surface area contributed by atoms with Gasteiger partial charge in [0.25, 0.3) is 0 Å². The van der Waals surface area contributed by atoms with E-state index in [4.69, 9.17) is 23.2 Å². The molecule has 1 saturated carbocycles. The molecule has 0 aromatic carbocycles. The van der Waals surface area contributed by atoms with Crippen LogP contribution in [0.1, 0.15) is 34.1 Å². The predicted molar refractivity (Wildman–Crippen MR) is 64.5 cm³/mol. The fourth-order valence-electron chi connectivity index (χ4n) is 1.46. The smallest absolute Gasteiger partial charge is 0.121 e. The molecule has 3 atom stereocenters. The van der Waals surface area contributed by atoms with E-state index in [1.54, 1.807) is 0 Å². The molecular weight excluding hydrogens is 239 g/mol. The fraction of sp³-hybridized carbons (Fsp3) is 1.00. The fourth-order valence-corrected chi connectivity index (χ4v) is 3.43. The van der Waals surface area contributed by atoms with Gasteiger partial charge in [0.05, 0.1) is 0 Å². The second kappa shape index (κ2) is 3.95. The third kappa shape index (κ3) is 3.11. The van der Waals surface area contributed by atoms with Crippen molar-refractivity contribution in [3.05, 3.63) is 0 Å². The van der Waals surface area contributed by atoms with Crippen LogP contribution in [0.3, 0.4) is 0 Å². The van der Waals surface area contributed by atoms with Crippen LogP contribution >= 0.6 is 23.2 Å². The predicted octanol–water partition coefficient (Wildman–Crippen LogP) is 3.36. The molecule has 0 heterocycles. The van der Waals surface area contributed by atoms with Gasteiger partial charge in [-0.15, -0.1) is 23.2 Å². The van der Waals surface area contributed by atoms with Gasteiger partial charge in [0.15, 0.2) is 0 Å². The van der Waals surface area contributed by atoms with Crippen molar-refractivity contribution in [3.63, 3.8) is 0 Å². The molecule has 0 aromatic heterocycles. The number of hydrogen-bond donors (Lipinski definition) is 0. The van der Waals surface area contributed by atoms with Crippen LogP contribution in [0.4, 0.5) is 0 Å². The second-order valence-electron chi connectivity index (χ2n) is 5.17. The van der Waals surface area contributed by atoms with Crippen molar-refractivity contribution in [3.8, 4) is 0 Å². The van der Waals surface area contributed by atoms with Crippen LogP contribution < -0.4 is 0 Å². The third-order valence-electron chi connectivity index (χ3n) is 2.66. The van der Waals surface area contributed by atoms with E-state index in [2.05, 4.69) is 6.92 Å². The van der Waals surface area contributed by atoms with E-state index in [1.165, 1.54) is 0 Å². The average molecular weight is 257 g/mol. The molecule has 1 nitrogen and oxygen atoms in total. The zero-order chi connectivity index (χ0) is 11.1. The van der Waals surface area contributed by atoms with E-state index < -0.39 is 15.1 Å². The molecule has 4 heteroatoms. The number of hydrogen-bond acceptors (Lipinski definition) is 1. The molecule has 0 N–H and O–H groups in total. The molecule has 1 aliphatic rings. The summed E-state index contributed by atoms with van der Waals surface area (Å²) < 4.78 is 11.2. The van der Waals surface area contributed by atoms with Gasteiger partial charge >= 0.3 is 0 Å². The largest absolute Gasteiger partial charge is 0.259 e. The Kier molecular flexibility index (Phi) is 3.61. The molecule has 84 valence electrons. The van der Waals surface area contributed by atoms with Crippen molar-refractivity contribution < 1.29 is 4.21 Å². The average Bonchev–Trinajstić information content (AvgIpc) is 2.57. The van der Waals surface area contributed by atoms with Crippen LogP contribution in [0.5, 0.6) is 0 Å². The molecule has 0 aliphatic heterocycles. The maximum atomic E-state index is 11.8. The number of rotatable bonds is 3. The molecule has 0 bridgehead atoms. The molecule has 1 fully saturated rings. The minimum absolute atomic E-state index is 0.134. The highest BCUT2D eigenvalue weighted by Crippen LogP contribution is 2.57.